The topological polar surface area (TPSA) is 75.7 Å². The second kappa shape index (κ2) is 9.15. The number of rotatable bonds is 6. The molecule has 0 aliphatic carbocycles. The van der Waals surface area contributed by atoms with Crippen LogP contribution in [0.25, 0.3) is 0 Å². The molecule has 3 aromatic rings. The van der Waals surface area contributed by atoms with E-state index in [0.29, 0.717) is 11.3 Å². The van der Waals surface area contributed by atoms with Crippen LogP contribution >= 0.6 is 15.9 Å². The van der Waals surface area contributed by atoms with Crippen LogP contribution < -0.4 is 14.4 Å². The van der Waals surface area contributed by atoms with Crippen molar-refractivity contribution in [2.45, 2.75) is 31.2 Å². The molecule has 0 saturated carbocycles. The summed E-state index contributed by atoms with van der Waals surface area (Å²) < 4.78 is 47.5. The molecule has 4 rings (SSSR count). The summed E-state index contributed by atoms with van der Waals surface area (Å²) in [6.45, 7) is 3.54. The van der Waals surface area contributed by atoms with E-state index in [4.69, 9.17) is 4.74 Å². The Morgan fingerprint density at radius 2 is 1.88 bits per heavy atom. The lowest BCUT2D eigenvalue weighted by molar-refractivity contribution is -0.120. The summed E-state index contributed by atoms with van der Waals surface area (Å²) in [5.74, 6) is -0.200. The summed E-state index contributed by atoms with van der Waals surface area (Å²) >= 11 is 3.46. The fourth-order valence-electron chi connectivity index (χ4n) is 3.87. The van der Waals surface area contributed by atoms with Crippen LogP contribution in [0.5, 0.6) is 5.75 Å². The Morgan fingerprint density at radius 3 is 2.58 bits per heavy atom. The van der Waals surface area contributed by atoms with Gasteiger partial charge in [-0.3, -0.25) is 9.52 Å². The van der Waals surface area contributed by atoms with Gasteiger partial charge in [0.05, 0.1) is 4.90 Å². The quantitative estimate of drug-likeness (QED) is 0.481. The molecule has 6 nitrogen and oxygen atoms in total. The molecule has 9 heteroatoms. The average Bonchev–Trinajstić information content (AvgIpc) is 3.08. The van der Waals surface area contributed by atoms with E-state index in [9.17, 15) is 17.6 Å². The molecule has 0 spiro atoms. The highest BCUT2D eigenvalue weighted by Crippen LogP contribution is 2.34. The molecule has 0 saturated heterocycles. The number of ether oxygens (including phenoxy) is 1. The Hall–Kier alpha value is -2.91. The van der Waals surface area contributed by atoms with Crippen LogP contribution in [0, 0.1) is 12.7 Å². The number of anilines is 2. The standard InChI is InChI=1S/C24H22BrFN2O4S/c1-15-11-21(33(30,31)27-20-6-4-19(26)5-7-20)8-10-23(15)32-14-24(29)28-16(2)12-17-13-18(25)3-9-22(17)28/h3-11,13,16,27H,12,14H2,1-2H3/t16-/m0/s1. The number of hydrogen-bond acceptors (Lipinski definition) is 4. The zero-order chi connectivity index (χ0) is 23.8. The van der Waals surface area contributed by atoms with Crippen LogP contribution in [-0.2, 0) is 21.2 Å². The smallest absolute Gasteiger partial charge is 0.265 e. The van der Waals surface area contributed by atoms with Gasteiger partial charge >= 0.3 is 0 Å². The molecule has 3 aromatic carbocycles. The zero-order valence-corrected chi connectivity index (χ0v) is 20.4. The number of nitrogens with zero attached hydrogens (tertiary/aromatic N) is 1. The lowest BCUT2D eigenvalue weighted by Crippen LogP contribution is -2.39. The van der Waals surface area contributed by atoms with E-state index in [0.717, 1.165) is 22.1 Å². The maximum absolute atomic E-state index is 13.1. The first kappa shape index (κ1) is 23.3. The molecule has 0 aromatic heterocycles. The van der Waals surface area contributed by atoms with Gasteiger partial charge in [0.1, 0.15) is 11.6 Å². The molecule has 1 aliphatic heterocycles. The number of carbonyl (C=O) groups is 1. The number of hydrogen-bond donors (Lipinski definition) is 1. The Bertz CT molecular complexity index is 1310. The molecular weight excluding hydrogens is 511 g/mol. The third kappa shape index (κ3) is 5.04. The number of sulfonamides is 1. The lowest BCUT2D eigenvalue weighted by atomic mass is 10.1. The molecule has 1 N–H and O–H groups in total. The number of carbonyl (C=O) groups excluding carboxylic acids is 1. The Kier molecular flexibility index (Phi) is 6.45. The van der Waals surface area contributed by atoms with E-state index in [2.05, 4.69) is 20.7 Å². The molecule has 1 amide bonds. The zero-order valence-electron chi connectivity index (χ0n) is 18.0. The van der Waals surface area contributed by atoms with E-state index in [1.165, 1.54) is 42.5 Å². The fourth-order valence-corrected chi connectivity index (χ4v) is 5.42. The third-order valence-electron chi connectivity index (χ3n) is 5.43. The van der Waals surface area contributed by atoms with Crippen molar-refractivity contribution in [3.8, 4) is 5.75 Å². The van der Waals surface area contributed by atoms with Gasteiger partial charge in [-0.2, -0.15) is 0 Å². The first-order chi connectivity index (χ1) is 15.6. The molecule has 33 heavy (non-hydrogen) atoms. The van der Waals surface area contributed by atoms with Crippen molar-refractivity contribution in [1.82, 2.24) is 0 Å². The van der Waals surface area contributed by atoms with Crippen LogP contribution in [0.2, 0.25) is 0 Å². The number of fused-ring (bicyclic) bond motifs is 1. The summed E-state index contributed by atoms with van der Waals surface area (Å²) in [4.78, 5) is 14.7. The summed E-state index contributed by atoms with van der Waals surface area (Å²) in [6, 6.07) is 15.3. The second-order valence-electron chi connectivity index (χ2n) is 7.92. The highest BCUT2D eigenvalue weighted by Gasteiger charge is 2.31. The molecule has 1 aliphatic rings. The Balaban J connectivity index is 1.45. The lowest BCUT2D eigenvalue weighted by Gasteiger charge is -2.23. The molecular formula is C24H22BrFN2O4S. The van der Waals surface area contributed by atoms with E-state index >= 15 is 0 Å². The molecule has 0 bridgehead atoms. The van der Waals surface area contributed by atoms with Gasteiger partial charge < -0.3 is 9.64 Å². The number of nitrogens with one attached hydrogen (secondary N) is 1. The van der Waals surface area contributed by atoms with Crippen LogP contribution in [0.3, 0.4) is 0 Å². The van der Waals surface area contributed by atoms with Crippen LogP contribution in [0.4, 0.5) is 15.8 Å². The monoisotopic (exact) mass is 532 g/mol. The highest BCUT2D eigenvalue weighted by molar-refractivity contribution is 9.10. The van der Waals surface area contributed by atoms with Gasteiger partial charge in [0.2, 0.25) is 0 Å². The molecule has 0 unspecified atom stereocenters. The minimum Gasteiger partial charge on any atom is -0.483 e. The number of amides is 1. The highest BCUT2D eigenvalue weighted by atomic mass is 79.9. The fraction of sp³-hybridized carbons (Fsp3) is 0.208. The Labute approximate surface area is 200 Å². The van der Waals surface area contributed by atoms with E-state index in [1.54, 1.807) is 11.8 Å². The minimum atomic E-state index is -3.86. The Morgan fingerprint density at radius 1 is 1.15 bits per heavy atom. The number of aryl methyl sites for hydroxylation is 1. The van der Waals surface area contributed by atoms with Crippen molar-refractivity contribution in [2.75, 3.05) is 16.2 Å². The minimum absolute atomic E-state index is 0.0246. The first-order valence-corrected chi connectivity index (χ1v) is 12.5. The van der Waals surface area contributed by atoms with Gasteiger partial charge in [-0.05, 0) is 92.1 Å². The van der Waals surface area contributed by atoms with E-state index in [1.807, 2.05) is 25.1 Å². The van der Waals surface area contributed by atoms with Crippen molar-refractivity contribution in [1.29, 1.82) is 0 Å². The summed E-state index contributed by atoms with van der Waals surface area (Å²) in [5, 5.41) is 0. The van der Waals surface area contributed by atoms with E-state index in [-0.39, 0.29) is 29.1 Å². The first-order valence-electron chi connectivity index (χ1n) is 10.3. The van der Waals surface area contributed by atoms with Crippen molar-refractivity contribution in [2.24, 2.45) is 0 Å². The largest absolute Gasteiger partial charge is 0.483 e. The predicted octanol–water partition coefficient (Wildman–Crippen LogP) is 5.05. The second-order valence-corrected chi connectivity index (χ2v) is 10.5. The van der Waals surface area contributed by atoms with Crippen LogP contribution in [-0.4, -0.2) is 27.0 Å². The van der Waals surface area contributed by atoms with Gasteiger partial charge in [0.15, 0.2) is 6.61 Å². The van der Waals surface area contributed by atoms with Crippen LogP contribution in [0.15, 0.2) is 70.0 Å². The molecule has 0 fully saturated rings. The molecule has 1 heterocycles. The SMILES string of the molecule is Cc1cc(S(=O)(=O)Nc2ccc(F)cc2)ccc1OCC(=O)N1c2ccc(Br)cc2C[C@@H]1C. The molecule has 1 atom stereocenters. The van der Waals surface area contributed by atoms with E-state index < -0.39 is 15.8 Å². The van der Waals surface area contributed by atoms with Gasteiger partial charge in [0, 0.05) is 21.9 Å². The molecule has 172 valence electrons. The van der Waals surface area contributed by atoms with Gasteiger partial charge in [-0.25, -0.2) is 12.8 Å². The summed E-state index contributed by atoms with van der Waals surface area (Å²) in [6.07, 6.45) is 0.771. The van der Waals surface area contributed by atoms with Gasteiger partial charge in [-0.1, -0.05) is 15.9 Å². The number of halogens is 2. The van der Waals surface area contributed by atoms with Crippen molar-refractivity contribution in [3.05, 3.63) is 82.1 Å². The third-order valence-corrected chi connectivity index (χ3v) is 7.30. The van der Waals surface area contributed by atoms with Crippen molar-refractivity contribution >= 4 is 43.2 Å². The predicted molar refractivity (Wildman–Crippen MR) is 129 cm³/mol. The maximum atomic E-state index is 13.1. The summed E-state index contributed by atoms with van der Waals surface area (Å²) in [5.41, 5.74) is 2.81. The molecule has 0 radical (unpaired) electrons. The van der Waals surface area contributed by atoms with Crippen molar-refractivity contribution < 1.29 is 22.3 Å². The number of benzene rings is 3. The summed E-state index contributed by atoms with van der Waals surface area (Å²) in [7, 11) is -3.86. The normalized spacial score (nSPS) is 15.3. The maximum Gasteiger partial charge on any atom is 0.265 e. The van der Waals surface area contributed by atoms with Gasteiger partial charge in [0.25, 0.3) is 15.9 Å². The van der Waals surface area contributed by atoms with Crippen molar-refractivity contribution in [3.63, 3.8) is 0 Å². The van der Waals surface area contributed by atoms with Gasteiger partial charge in [-0.15, -0.1) is 0 Å². The average molecular weight is 533 g/mol. The van der Waals surface area contributed by atoms with Crippen LogP contribution in [0.1, 0.15) is 18.1 Å².